The van der Waals surface area contributed by atoms with Crippen molar-refractivity contribution in [2.24, 2.45) is 0 Å². The monoisotopic (exact) mass is 355 g/mol. The second-order valence-corrected chi connectivity index (χ2v) is 5.49. The quantitative estimate of drug-likeness (QED) is 0.808. The van der Waals surface area contributed by atoms with Crippen LogP contribution < -0.4 is 5.32 Å². The third-order valence-electron chi connectivity index (χ3n) is 2.93. The van der Waals surface area contributed by atoms with E-state index in [0.717, 1.165) is 0 Å². The minimum absolute atomic E-state index is 0.153. The van der Waals surface area contributed by atoms with E-state index in [9.17, 15) is 4.39 Å². The topological polar surface area (TPSA) is 12.0 Å². The lowest BCUT2D eigenvalue weighted by Gasteiger charge is -2.14. The summed E-state index contributed by atoms with van der Waals surface area (Å²) in [7, 11) is 0. The number of rotatable bonds is 4. The van der Waals surface area contributed by atoms with Crippen LogP contribution in [-0.4, -0.2) is 0 Å². The van der Waals surface area contributed by atoms with E-state index in [-0.39, 0.29) is 11.9 Å². The molecule has 0 aromatic heterocycles. The van der Waals surface area contributed by atoms with E-state index >= 15 is 0 Å². The van der Waals surface area contributed by atoms with Crippen molar-refractivity contribution in [2.75, 3.05) is 0 Å². The van der Waals surface area contributed by atoms with Gasteiger partial charge in [-0.25, -0.2) is 4.39 Å². The number of nitrogens with one attached hydrogen (secondary N) is 1. The van der Waals surface area contributed by atoms with E-state index in [1.54, 1.807) is 6.07 Å². The first-order valence-corrected chi connectivity index (χ1v) is 6.97. The van der Waals surface area contributed by atoms with E-state index in [2.05, 4.69) is 59.1 Å². The van der Waals surface area contributed by atoms with Crippen molar-refractivity contribution >= 4 is 22.6 Å². The summed E-state index contributed by atoms with van der Waals surface area (Å²) in [6, 6.07) is 15.4. The van der Waals surface area contributed by atoms with Crippen LogP contribution in [0.1, 0.15) is 24.1 Å². The summed E-state index contributed by atoms with van der Waals surface area (Å²) in [6.07, 6.45) is 0. The molecule has 0 aliphatic carbocycles. The van der Waals surface area contributed by atoms with Gasteiger partial charge in [-0.15, -0.1) is 0 Å². The van der Waals surface area contributed by atoms with E-state index in [1.165, 1.54) is 15.2 Å². The molecule has 0 spiro atoms. The van der Waals surface area contributed by atoms with Gasteiger partial charge in [0.25, 0.3) is 0 Å². The SMILES string of the molecule is CC(NCc1ccccc1F)c1ccc(I)cc1. The zero-order valence-electron chi connectivity index (χ0n) is 10.2. The predicted molar refractivity (Wildman–Crippen MR) is 80.8 cm³/mol. The zero-order valence-corrected chi connectivity index (χ0v) is 12.3. The third-order valence-corrected chi connectivity index (χ3v) is 3.65. The van der Waals surface area contributed by atoms with Gasteiger partial charge in [-0.3, -0.25) is 0 Å². The highest BCUT2D eigenvalue weighted by atomic mass is 127. The van der Waals surface area contributed by atoms with Crippen LogP contribution in [0.4, 0.5) is 4.39 Å². The summed E-state index contributed by atoms with van der Waals surface area (Å²) < 4.78 is 14.7. The Kier molecular flexibility index (Phi) is 4.72. The Hall–Kier alpha value is -0.940. The Morgan fingerprint density at radius 3 is 2.44 bits per heavy atom. The molecule has 1 atom stereocenters. The van der Waals surface area contributed by atoms with Gasteiger partial charge in [0.15, 0.2) is 0 Å². The molecule has 0 aliphatic rings. The molecule has 2 aromatic rings. The van der Waals surface area contributed by atoms with Crippen LogP contribution in [0.5, 0.6) is 0 Å². The Labute approximate surface area is 121 Å². The molecule has 0 aliphatic heterocycles. The molecule has 94 valence electrons. The summed E-state index contributed by atoms with van der Waals surface area (Å²) in [4.78, 5) is 0. The van der Waals surface area contributed by atoms with Gasteiger partial charge in [-0.2, -0.15) is 0 Å². The van der Waals surface area contributed by atoms with Crippen LogP contribution in [-0.2, 0) is 6.54 Å². The fourth-order valence-corrected chi connectivity index (χ4v) is 2.13. The van der Waals surface area contributed by atoms with E-state index in [1.807, 2.05) is 12.1 Å². The van der Waals surface area contributed by atoms with Gasteiger partial charge in [0.2, 0.25) is 0 Å². The molecule has 1 N–H and O–H groups in total. The second-order valence-electron chi connectivity index (χ2n) is 4.25. The minimum atomic E-state index is -0.153. The van der Waals surface area contributed by atoms with Crippen molar-refractivity contribution in [3.05, 3.63) is 69.0 Å². The Morgan fingerprint density at radius 2 is 1.78 bits per heavy atom. The van der Waals surface area contributed by atoms with Gasteiger partial charge in [0.1, 0.15) is 5.82 Å². The first kappa shape index (κ1) is 13.5. The highest BCUT2D eigenvalue weighted by molar-refractivity contribution is 14.1. The highest BCUT2D eigenvalue weighted by Gasteiger charge is 2.06. The molecule has 18 heavy (non-hydrogen) atoms. The van der Waals surface area contributed by atoms with Crippen molar-refractivity contribution in [1.29, 1.82) is 0 Å². The smallest absolute Gasteiger partial charge is 0.127 e. The summed E-state index contributed by atoms with van der Waals surface area (Å²) >= 11 is 2.28. The molecule has 0 fully saturated rings. The van der Waals surface area contributed by atoms with Crippen LogP contribution in [0.25, 0.3) is 0 Å². The van der Waals surface area contributed by atoms with Gasteiger partial charge in [0.05, 0.1) is 0 Å². The van der Waals surface area contributed by atoms with Gasteiger partial charge in [-0.05, 0) is 53.3 Å². The summed E-state index contributed by atoms with van der Waals surface area (Å²) in [5.74, 6) is -0.153. The third kappa shape index (κ3) is 3.53. The largest absolute Gasteiger partial charge is 0.306 e. The maximum Gasteiger partial charge on any atom is 0.127 e. The van der Waals surface area contributed by atoms with Gasteiger partial charge >= 0.3 is 0 Å². The molecule has 2 aromatic carbocycles. The molecular formula is C15H15FIN. The van der Waals surface area contributed by atoms with Gasteiger partial charge < -0.3 is 5.32 Å². The molecule has 0 radical (unpaired) electrons. The molecule has 1 unspecified atom stereocenters. The minimum Gasteiger partial charge on any atom is -0.306 e. The lowest BCUT2D eigenvalue weighted by atomic mass is 10.1. The van der Waals surface area contributed by atoms with Gasteiger partial charge in [-0.1, -0.05) is 30.3 Å². The number of hydrogen-bond acceptors (Lipinski definition) is 1. The molecule has 0 saturated carbocycles. The molecule has 2 rings (SSSR count). The lowest BCUT2D eigenvalue weighted by Crippen LogP contribution is -2.18. The molecule has 0 bridgehead atoms. The number of benzene rings is 2. The molecule has 0 amide bonds. The fourth-order valence-electron chi connectivity index (χ4n) is 1.77. The lowest BCUT2D eigenvalue weighted by molar-refractivity contribution is 0.544. The van der Waals surface area contributed by atoms with Crippen molar-refractivity contribution in [1.82, 2.24) is 5.32 Å². The van der Waals surface area contributed by atoms with Crippen LogP contribution in [0, 0.1) is 9.39 Å². The molecular weight excluding hydrogens is 340 g/mol. The summed E-state index contributed by atoms with van der Waals surface area (Å²) in [5.41, 5.74) is 1.92. The average Bonchev–Trinajstić information content (AvgIpc) is 2.38. The average molecular weight is 355 g/mol. The maximum atomic E-state index is 13.5. The first-order valence-electron chi connectivity index (χ1n) is 5.89. The summed E-state index contributed by atoms with van der Waals surface area (Å²) in [5, 5.41) is 3.33. The van der Waals surface area contributed by atoms with Crippen molar-refractivity contribution in [2.45, 2.75) is 19.5 Å². The highest BCUT2D eigenvalue weighted by Crippen LogP contribution is 2.15. The van der Waals surface area contributed by atoms with Crippen LogP contribution >= 0.6 is 22.6 Å². The predicted octanol–water partition coefficient (Wildman–Crippen LogP) is 4.28. The maximum absolute atomic E-state index is 13.5. The van der Waals surface area contributed by atoms with E-state index in [0.29, 0.717) is 12.1 Å². The molecule has 1 nitrogen and oxygen atoms in total. The standard InChI is InChI=1S/C15H15FIN/c1-11(12-6-8-14(17)9-7-12)18-10-13-4-2-3-5-15(13)16/h2-9,11,18H,10H2,1H3. The second kappa shape index (κ2) is 6.29. The summed E-state index contributed by atoms with van der Waals surface area (Å²) in [6.45, 7) is 2.63. The van der Waals surface area contributed by atoms with Crippen molar-refractivity contribution < 1.29 is 4.39 Å². The molecule has 0 saturated heterocycles. The molecule has 3 heteroatoms. The normalized spacial score (nSPS) is 12.4. The number of hydrogen-bond donors (Lipinski definition) is 1. The zero-order chi connectivity index (χ0) is 13.0. The Balaban J connectivity index is 1.98. The van der Waals surface area contributed by atoms with Gasteiger partial charge in [0, 0.05) is 21.7 Å². The fraction of sp³-hybridized carbons (Fsp3) is 0.200. The Morgan fingerprint density at radius 1 is 1.11 bits per heavy atom. The van der Waals surface area contributed by atoms with Crippen LogP contribution in [0.3, 0.4) is 0 Å². The van der Waals surface area contributed by atoms with Crippen LogP contribution in [0.15, 0.2) is 48.5 Å². The van der Waals surface area contributed by atoms with E-state index < -0.39 is 0 Å². The first-order chi connectivity index (χ1) is 8.66. The van der Waals surface area contributed by atoms with Crippen molar-refractivity contribution in [3.8, 4) is 0 Å². The van der Waals surface area contributed by atoms with Crippen molar-refractivity contribution in [3.63, 3.8) is 0 Å². The van der Waals surface area contributed by atoms with Crippen LogP contribution in [0.2, 0.25) is 0 Å². The number of halogens is 2. The molecule has 0 heterocycles. The van der Waals surface area contributed by atoms with E-state index in [4.69, 9.17) is 0 Å². The Bertz CT molecular complexity index is 510.